The van der Waals surface area contributed by atoms with Crippen LogP contribution in [0.4, 0.5) is 0 Å². The zero-order valence-corrected chi connectivity index (χ0v) is 14.4. The lowest BCUT2D eigenvalue weighted by atomic mass is 9.71. The molecular weight excluding hydrogens is 322 g/mol. The molecule has 4 heteroatoms. The number of rotatable bonds is 4. The number of aliphatic hydroxyl groups is 1. The van der Waals surface area contributed by atoms with Gasteiger partial charge in [-0.1, -0.05) is 19.8 Å². The van der Waals surface area contributed by atoms with Gasteiger partial charge in [-0.25, -0.2) is 0 Å². The van der Waals surface area contributed by atoms with Crippen molar-refractivity contribution in [2.75, 3.05) is 14.1 Å². The van der Waals surface area contributed by atoms with Gasteiger partial charge in [0.1, 0.15) is 0 Å². The van der Waals surface area contributed by atoms with E-state index >= 15 is 0 Å². The Labute approximate surface area is 129 Å². The van der Waals surface area contributed by atoms with Crippen LogP contribution in [0.5, 0.6) is 0 Å². The van der Waals surface area contributed by atoms with Crippen LogP contribution in [0.2, 0.25) is 0 Å². The van der Waals surface area contributed by atoms with Crippen LogP contribution >= 0.6 is 27.3 Å². The van der Waals surface area contributed by atoms with E-state index in [2.05, 4.69) is 54.0 Å². The van der Waals surface area contributed by atoms with Gasteiger partial charge in [0.05, 0.1) is 9.89 Å². The van der Waals surface area contributed by atoms with Crippen molar-refractivity contribution in [3.8, 4) is 0 Å². The van der Waals surface area contributed by atoms with Gasteiger partial charge in [0.25, 0.3) is 0 Å². The number of nitrogens with zero attached hydrogens (tertiary/aromatic N) is 1. The molecule has 3 atom stereocenters. The van der Waals surface area contributed by atoms with Crippen LogP contribution in [0, 0.1) is 5.92 Å². The molecule has 0 amide bonds. The quantitative estimate of drug-likeness (QED) is 0.893. The van der Waals surface area contributed by atoms with Crippen LogP contribution < -0.4 is 0 Å². The fraction of sp³-hybridized carbons (Fsp3) is 0.733. The average Bonchev–Trinajstić information content (AvgIpc) is 2.74. The molecular formula is C15H24BrNOS. The molecule has 0 spiro atoms. The van der Waals surface area contributed by atoms with Gasteiger partial charge in [-0.2, -0.15) is 0 Å². The maximum atomic E-state index is 10.8. The summed E-state index contributed by atoms with van der Waals surface area (Å²) in [6.07, 6.45) is 5.22. The maximum Gasteiger partial charge on any atom is 0.0771 e. The van der Waals surface area contributed by atoms with Gasteiger partial charge < -0.3 is 10.0 Å². The molecule has 1 N–H and O–H groups in total. The summed E-state index contributed by atoms with van der Waals surface area (Å²) in [5.74, 6) is 0.709. The van der Waals surface area contributed by atoms with Gasteiger partial charge in [0, 0.05) is 16.8 Å². The number of likely N-dealkylation sites (N-methyl/N-ethyl adjacent to an activating group) is 1. The van der Waals surface area contributed by atoms with Gasteiger partial charge in [0.15, 0.2) is 0 Å². The number of aliphatic hydroxyl groups excluding tert-OH is 1. The zero-order chi connectivity index (χ0) is 14.0. The first-order chi connectivity index (χ1) is 8.94. The molecule has 2 nitrogen and oxygen atoms in total. The minimum absolute atomic E-state index is 0.0475. The molecule has 1 aromatic heterocycles. The van der Waals surface area contributed by atoms with E-state index in [9.17, 15) is 5.11 Å². The molecule has 0 radical (unpaired) electrons. The second-order valence-corrected chi connectivity index (χ2v) is 8.67. The Balaban J connectivity index is 2.14. The highest BCUT2D eigenvalue weighted by molar-refractivity contribution is 9.11. The summed E-state index contributed by atoms with van der Waals surface area (Å²) in [4.78, 5) is 3.52. The van der Waals surface area contributed by atoms with E-state index in [4.69, 9.17) is 0 Å². The SMILES string of the molecule is CC1CCCC(C(O)Cc2ccc(Br)s2)(N(C)C)C1. The van der Waals surface area contributed by atoms with Gasteiger partial charge in [-0.05, 0) is 60.9 Å². The number of hydrogen-bond donors (Lipinski definition) is 1. The molecule has 0 aromatic carbocycles. The molecule has 108 valence electrons. The Morgan fingerprint density at radius 2 is 2.26 bits per heavy atom. The predicted octanol–water partition coefficient (Wildman–Crippen LogP) is 3.92. The van der Waals surface area contributed by atoms with Crippen molar-refractivity contribution >= 4 is 27.3 Å². The van der Waals surface area contributed by atoms with Gasteiger partial charge in [-0.15, -0.1) is 11.3 Å². The fourth-order valence-corrected chi connectivity index (χ4v) is 4.93. The summed E-state index contributed by atoms with van der Waals surface area (Å²) < 4.78 is 1.14. The first-order valence-corrected chi connectivity index (χ1v) is 8.65. The molecule has 19 heavy (non-hydrogen) atoms. The molecule has 0 aliphatic heterocycles. The van der Waals surface area contributed by atoms with Crippen LogP contribution in [-0.2, 0) is 6.42 Å². The summed E-state index contributed by atoms with van der Waals surface area (Å²) in [6.45, 7) is 2.31. The summed E-state index contributed by atoms with van der Waals surface area (Å²) in [6, 6.07) is 4.19. The largest absolute Gasteiger partial charge is 0.391 e. The molecule has 3 unspecified atom stereocenters. The third-order valence-electron chi connectivity index (χ3n) is 4.54. The molecule has 1 aliphatic carbocycles. The molecule has 0 saturated heterocycles. The van der Waals surface area contributed by atoms with E-state index in [-0.39, 0.29) is 11.6 Å². The molecule has 0 bridgehead atoms. The summed E-state index contributed by atoms with van der Waals surface area (Å²) >= 11 is 5.23. The first-order valence-electron chi connectivity index (χ1n) is 7.04. The standard InChI is InChI=1S/C15H24BrNOS/c1-11-5-4-8-15(10-11,17(2)3)13(18)9-12-6-7-14(16)19-12/h6-7,11,13,18H,4-5,8-10H2,1-3H3. The van der Waals surface area contributed by atoms with Crippen molar-refractivity contribution in [2.45, 2.75) is 50.7 Å². The highest BCUT2D eigenvalue weighted by atomic mass is 79.9. The summed E-state index contributed by atoms with van der Waals surface area (Å²) in [5, 5.41) is 10.8. The predicted molar refractivity (Wildman–Crippen MR) is 85.8 cm³/mol. The van der Waals surface area contributed by atoms with Gasteiger partial charge in [-0.3, -0.25) is 0 Å². The summed E-state index contributed by atoms with van der Waals surface area (Å²) in [7, 11) is 4.23. The van der Waals surface area contributed by atoms with E-state index in [1.807, 2.05) is 0 Å². The van der Waals surface area contributed by atoms with Crippen molar-refractivity contribution in [2.24, 2.45) is 5.92 Å². The molecule has 1 aliphatic rings. The van der Waals surface area contributed by atoms with Crippen molar-refractivity contribution in [1.82, 2.24) is 4.90 Å². The molecule has 1 aromatic rings. The second-order valence-electron chi connectivity index (χ2n) is 6.13. The van der Waals surface area contributed by atoms with Crippen molar-refractivity contribution in [3.63, 3.8) is 0 Å². The van der Waals surface area contributed by atoms with Crippen LogP contribution in [0.25, 0.3) is 0 Å². The lowest BCUT2D eigenvalue weighted by Crippen LogP contribution is -2.56. The Bertz CT molecular complexity index is 420. The highest BCUT2D eigenvalue weighted by Gasteiger charge is 2.42. The lowest BCUT2D eigenvalue weighted by molar-refractivity contribution is -0.0421. The molecule has 1 saturated carbocycles. The van der Waals surface area contributed by atoms with Gasteiger partial charge in [0.2, 0.25) is 0 Å². The Morgan fingerprint density at radius 3 is 2.79 bits per heavy atom. The monoisotopic (exact) mass is 345 g/mol. The van der Waals surface area contributed by atoms with E-state index in [1.54, 1.807) is 11.3 Å². The fourth-order valence-electron chi connectivity index (χ4n) is 3.41. The Hall–Kier alpha value is 0.1000. The van der Waals surface area contributed by atoms with E-state index in [0.29, 0.717) is 5.92 Å². The van der Waals surface area contributed by atoms with Crippen LogP contribution in [0.15, 0.2) is 15.9 Å². The van der Waals surface area contributed by atoms with Crippen molar-refractivity contribution in [1.29, 1.82) is 0 Å². The van der Waals surface area contributed by atoms with Crippen LogP contribution in [-0.4, -0.2) is 35.7 Å². The van der Waals surface area contributed by atoms with E-state index in [0.717, 1.165) is 23.0 Å². The van der Waals surface area contributed by atoms with E-state index in [1.165, 1.54) is 17.7 Å². The zero-order valence-electron chi connectivity index (χ0n) is 12.0. The summed E-state index contributed by atoms with van der Waals surface area (Å²) in [5.41, 5.74) is -0.0475. The lowest BCUT2D eigenvalue weighted by Gasteiger charge is -2.48. The first kappa shape index (κ1) is 15.5. The van der Waals surface area contributed by atoms with Crippen LogP contribution in [0.1, 0.15) is 37.5 Å². The smallest absolute Gasteiger partial charge is 0.0771 e. The minimum Gasteiger partial charge on any atom is -0.391 e. The highest BCUT2D eigenvalue weighted by Crippen LogP contribution is 2.39. The third-order valence-corrected chi connectivity index (χ3v) is 6.19. The van der Waals surface area contributed by atoms with Crippen molar-refractivity contribution in [3.05, 3.63) is 20.8 Å². The van der Waals surface area contributed by atoms with Crippen molar-refractivity contribution < 1.29 is 5.11 Å². The number of hydrogen-bond acceptors (Lipinski definition) is 3. The van der Waals surface area contributed by atoms with E-state index < -0.39 is 0 Å². The maximum absolute atomic E-state index is 10.8. The Kier molecular flexibility index (Phi) is 5.09. The topological polar surface area (TPSA) is 23.5 Å². The second kappa shape index (κ2) is 6.25. The minimum atomic E-state index is -0.282. The molecule has 1 heterocycles. The third kappa shape index (κ3) is 3.41. The number of thiophene rings is 1. The average molecular weight is 346 g/mol. The number of halogens is 1. The molecule has 2 rings (SSSR count). The van der Waals surface area contributed by atoms with Gasteiger partial charge >= 0.3 is 0 Å². The normalized spacial score (nSPS) is 29.7. The Morgan fingerprint density at radius 1 is 1.53 bits per heavy atom. The molecule has 1 fully saturated rings. The van der Waals surface area contributed by atoms with Crippen LogP contribution in [0.3, 0.4) is 0 Å².